The average molecular weight is 436 g/mol. The molecule has 0 spiro atoms. The van der Waals surface area contributed by atoms with Gasteiger partial charge in [0.1, 0.15) is 5.01 Å². The summed E-state index contributed by atoms with van der Waals surface area (Å²) in [6.07, 6.45) is 0.872. The van der Waals surface area contributed by atoms with Crippen molar-refractivity contribution >= 4 is 48.9 Å². The van der Waals surface area contributed by atoms with Crippen LogP contribution in [-0.4, -0.2) is 19.3 Å². The van der Waals surface area contributed by atoms with Crippen molar-refractivity contribution in [2.24, 2.45) is 0 Å². The highest BCUT2D eigenvalue weighted by Gasteiger charge is 2.21. The van der Waals surface area contributed by atoms with E-state index in [0.29, 0.717) is 24.2 Å². The molecule has 1 aromatic heterocycles. The second kappa shape index (κ2) is 7.23. The summed E-state index contributed by atoms with van der Waals surface area (Å²) in [5.74, 6) is -0.0546. The first-order valence-electron chi connectivity index (χ1n) is 9.40. The van der Waals surface area contributed by atoms with Crippen LogP contribution in [0.15, 0.2) is 71.6 Å². The first kappa shape index (κ1) is 18.8. The van der Waals surface area contributed by atoms with Crippen LogP contribution in [0.5, 0.6) is 0 Å². The molecule has 0 radical (unpaired) electrons. The number of carbonyl (C=O) groups is 1. The third kappa shape index (κ3) is 3.44. The van der Waals surface area contributed by atoms with Gasteiger partial charge in [0.05, 0.1) is 20.8 Å². The van der Waals surface area contributed by atoms with E-state index in [4.69, 9.17) is 0 Å². The lowest BCUT2D eigenvalue weighted by molar-refractivity contribution is -0.116. The summed E-state index contributed by atoms with van der Waals surface area (Å²) in [6, 6.07) is 19.8. The predicted molar refractivity (Wildman–Crippen MR) is 119 cm³/mol. The van der Waals surface area contributed by atoms with Crippen molar-refractivity contribution < 1.29 is 13.2 Å². The summed E-state index contributed by atoms with van der Waals surface area (Å²) in [5, 5.41) is 3.52. The van der Waals surface area contributed by atoms with Crippen LogP contribution in [0.4, 0.5) is 11.4 Å². The number of rotatable bonds is 4. The fourth-order valence-corrected chi connectivity index (χ4v) is 5.61. The van der Waals surface area contributed by atoms with E-state index in [0.717, 1.165) is 26.4 Å². The molecule has 0 atom stereocenters. The smallest absolute Gasteiger partial charge is 0.261 e. The van der Waals surface area contributed by atoms with Crippen LogP contribution in [0.2, 0.25) is 0 Å². The van der Waals surface area contributed by atoms with Crippen LogP contribution in [0.25, 0.3) is 20.8 Å². The van der Waals surface area contributed by atoms with Crippen LogP contribution in [-0.2, 0) is 21.2 Å². The summed E-state index contributed by atoms with van der Waals surface area (Å²) < 4.78 is 29.9. The molecule has 3 aromatic carbocycles. The van der Waals surface area contributed by atoms with E-state index in [-0.39, 0.29) is 10.8 Å². The maximum Gasteiger partial charge on any atom is 0.261 e. The molecule has 0 bridgehead atoms. The van der Waals surface area contributed by atoms with E-state index in [2.05, 4.69) is 15.0 Å². The number of aromatic nitrogens is 1. The number of carbonyl (C=O) groups excluding carboxylic acids is 1. The average Bonchev–Trinajstić information content (AvgIpc) is 3.17. The maximum absolute atomic E-state index is 13.1. The Morgan fingerprint density at radius 2 is 1.77 bits per heavy atom. The van der Waals surface area contributed by atoms with Gasteiger partial charge in [-0.2, -0.15) is 0 Å². The minimum atomic E-state index is -3.81. The lowest BCUT2D eigenvalue weighted by Gasteiger charge is -2.18. The van der Waals surface area contributed by atoms with Crippen molar-refractivity contribution in [3.8, 4) is 10.6 Å². The molecule has 30 heavy (non-hydrogen) atoms. The summed E-state index contributed by atoms with van der Waals surface area (Å²) in [6.45, 7) is 0. The van der Waals surface area contributed by atoms with Gasteiger partial charge < -0.3 is 5.32 Å². The highest BCUT2D eigenvalue weighted by molar-refractivity contribution is 7.92. The van der Waals surface area contributed by atoms with Gasteiger partial charge in [0, 0.05) is 17.7 Å². The Kier molecular flexibility index (Phi) is 4.52. The van der Waals surface area contributed by atoms with Gasteiger partial charge in [-0.15, -0.1) is 11.3 Å². The molecule has 1 amide bonds. The van der Waals surface area contributed by atoms with Gasteiger partial charge in [-0.25, -0.2) is 13.4 Å². The van der Waals surface area contributed by atoms with Crippen molar-refractivity contribution in [1.29, 1.82) is 0 Å². The van der Waals surface area contributed by atoms with Crippen LogP contribution >= 0.6 is 11.3 Å². The molecule has 1 aliphatic heterocycles. The summed E-state index contributed by atoms with van der Waals surface area (Å²) >= 11 is 1.52. The van der Waals surface area contributed by atoms with Gasteiger partial charge in [0.2, 0.25) is 5.91 Å². The minimum Gasteiger partial charge on any atom is -0.326 e. The highest BCUT2D eigenvalue weighted by Crippen LogP contribution is 2.35. The Morgan fingerprint density at radius 1 is 0.967 bits per heavy atom. The van der Waals surface area contributed by atoms with Crippen molar-refractivity contribution in [3.05, 3.63) is 72.3 Å². The molecular formula is C22H17N3O3S2. The van der Waals surface area contributed by atoms with Gasteiger partial charge in [-0.05, 0) is 54.4 Å². The molecule has 0 saturated carbocycles. The zero-order valence-electron chi connectivity index (χ0n) is 15.8. The van der Waals surface area contributed by atoms with Gasteiger partial charge in [-0.3, -0.25) is 9.52 Å². The first-order valence-corrected chi connectivity index (χ1v) is 11.7. The zero-order valence-corrected chi connectivity index (χ0v) is 17.4. The molecule has 4 aromatic rings. The maximum atomic E-state index is 13.1. The Balaban J connectivity index is 1.51. The topological polar surface area (TPSA) is 88.2 Å². The first-order chi connectivity index (χ1) is 14.5. The van der Waals surface area contributed by atoms with Crippen molar-refractivity contribution in [2.75, 3.05) is 10.0 Å². The summed E-state index contributed by atoms with van der Waals surface area (Å²) in [7, 11) is -3.81. The second-order valence-corrected chi connectivity index (χ2v) is 9.72. The van der Waals surface area contributed by atoms with Gasteiger partial charge in [0.15, 0.2) is 0 Å². The number of benzene rings is 3. The van der Waals surface area contributed by atoms with E-state index in [1.54, 1.807) is 24.3 Å². The molecule has 0 saturated heterocycles. The molecule has 2 N–H and O–H groups in total. The quantitative estimate of drug-likeness (QED) is 0.488. The van der Waals surface area contributed by atoms with E-state index >= 15 is 0 Å². The second-order valence-electron chi connectivity index (χ2n) is 7.00. The summed E-state index contributed by atoms with van der Waals surface area (Å²) in [5.41, 5.74) is 3.57. The van der Waals surface area contributed by atoms with Gasteiger partial charge >= 0.3 is 0 Å². The monoisotopic (exact) mass is 435 g/mol. The molecule has 0 aliphatic carbocycles. The summed E-state index contributed by atoms with van der Waals surface area (Å²) in [4.78, 5) is 16.4. The molecule has 150 valence electrons. The Labute approximate surface area is 177 Å². The number of fused-ring (bicyclic) bond motifs is 2. The number of anilines is 2. The number of hydrogen-bond acceptors (Lipinski definition) is 5. The third-order valence-electron chi connectivity index (χ3n) is 4.98. The van der Waals surface area contributed by atoms with E-state index in [1.165, 1.54) is 17.4 Å². The van der Waals surface area contributed by atoms with Crippen LogP contribution in [0, 0.1) is 0 Å². The third-order valence-corrected chi connectivity index (χ3v) is 7.41. The van der Waals surface area contributed by atoms with E-state index in [1.807, 2.05) is 36.4 Å². The van der Waals surface area contributed by atoms with Gasteiger partial charge in [0.25, 0.3) is 10.0 Å². The molecule has 2 heterocycles. The Morgan fingerprint density at radius 3 is 2.63 bits per heavy atom. The number of amides is 1. The molecule has 0 fully saturated rings. The van der Waals surface area contributed by atoms with Crippen molar-refractivity contribution in [2.45, 2.75) is 17.7 Å². The van der Waals surface area contributed by atoms with Crippen LogP contribution in [0.3, 0.4) is 0 Å². The number of nitrogens with one attached hydrogen (secondary N) is 2. The number of aryl methyl sites for hydroxylation is 1. The van der Waals surface area contributed by atoms with Crippen LogP contribution in [0.1, 0.15) is 12.0 Å². The number of nitrogens with zero attached hydrogens (tertiary/aromatic N) is 1. The Bertz CT molecular complexity index is 1360. The van der Waals surface area contributed by atoms with Crippen molar-refractivity contribution in [1.82, 2.24) is 4.98 Å². The van der Waals surface area contributed by atoms with Gasteiger partial charge in [-0.1, -0.05) is 24.3 Å². The standard InChI is InChI=1S/C22H17N3O3S2/c26-21-12-9-14-13-15(10-11-17(14)23-21)30(27,28)25-18-6-2-1-5-16(18)22-24-19-7-3-4-8-20(19)29-22/h1-8,10-11,13,25H,9,12H2,(H,23,26). The minimum absolute atomic E-state index is 0.0546. The lowest BCUT2D eigenvalue weighted by atomic mass is 10.0. The largest absolute Gasteiger partial charge is 0.326 e. The predicted octanol–water partition coefficient (Wildman–Crippen LogP) is 4.65. The van der Waals surface area contributed by atoms with E-state index < -0.39 is 10.0 Å². The molecule has 0 unspecified atom stereocenters. The molecule has 6 nitrogen and oxygen atoms in total. The van der Waals surface area contributed by atoms with Crippen LogP contribution < -0.4 is 10.0 Å². The lowest BCUT2D eigenvalue weighted by Crippen LogP contribution is -2.20. The highest BCUT2D eigenvalue weighted by atomic mass is 32.2. The number of thiazole rings is 1. The molecule has 5 rings (SSSR count). The zero-order chi connectivity index (χ0) is 20.7. The number of para-hydroxylation sites is 2. The fourth-order valence-electron chi connectivity index (χ4n) is 3.48. The fraction of sp³-hybridized carbons (Fsp3) is 0.0909. The Hall–Kier alpha value is -3.23. The van der Waals surface area contributed by atoms with Crippen molar-refractivity contribution in [3.63, 3.8) is 0 Å². The molecule has 8 heteroatoms. The molecule has 1 aliphatic rings. The number of hydrogen-bond donors (Lipinski definition) is 2. The number of sulfonamides is 1. The molecular weight excluding hydrogens is 418 g/mol. The van der Waals surface area contributed by atoms with E-state index in [9.17, 15) is 13.2 Å². The normalized spacial score (nSPS) is 13.7. The SMILES string of the molecule is O=C1CCc2cc(S(=O)(=O)Nc3ccccc3-c3nc4ccccc4s3)ccc2N1.